The van der Waals surface area contributed by atoms with Gasteiger partial charge in [-0.25, -0.2) is 9.97 Å². The summed E-state index contributed by atoms with van der Waals surface area (Å²) in [5.41, 5.74) is 2.01. The smallest absolute Gasteiger partial charge is 0.263 e. The van der Waals surface area contributed by atoms with E-state index in [0.717, 1.165) is 28.0 Å². The predicted octanol–water partition coefficient (Wildman–Crippen LogP) is 5.44. The monoisotopic (exact) mass is 413 g/mol. The molecule has 0 saturated carbocycles. The van der Waals surface area contributed by atoms with Crippen molar-refractivity contribution >= 4 is 33.5 Å². The fourth-order valence-electron chi connectivity index (χ4n) is 3.32. The first-order valence-electron chi connectivity index (χ1n) is 9.43. The summed E-state index contributed by atoms with van der Waals surface area (Å²) in [7, 11) is 0. The first kappa shape index (κ1) is 18.3. The molecule has 3 aromatic carbocycles. The SMILES string of the molecule is O=c1c2cc3cc(Cl)ccc3nc2ncn1Cc1ccc(Oc2ccccc2)cc1. The van der Waals surface area contributed by atoms with Crippen molar-refractivity contribution < 1.29 is 4.74 Å². The molecule has 0 unspecified atom stereocenters. The average molecular weight is 414 g/mol. The second-order valence-electron chi connectivity index (χ2n) is 6.93. The molecule has 0 amide bonds. The van der Waals surface area contributed by atoms with Crippen molar-refractivity contribution in [2.75, 3.05) is 0 Å². The molecule has 2 heterocycles. The zero-order valence-electron chi connectivity index (χ0n) is 15.8. The van der Waals surface area contributed by atoms with E-state index in [1.807, 2.05) is 60.7 Å². The molecule has 0 atom stereocenters. The Morgan fingerprint density at radius 2 is 1.67 bits per heavy atom. The molecule has 2 aromatic heterocycles. The van der Waals surface area contributed by atoms with Crippen molar-refractivity contribution in [3.05, 3.63) is 106 Å². The lowest BCUT2D eigenvalue weighted by Gasteiger charge is -2.09. The number of rotatable bonds is 4. The fourth-order valence-corrected chi connectivity index (χ4v) is 3.50. The van der Waals surface area contributed by atoms with Gasteiger partial charge in [0.25, 0.3) is 5.56 Å². The van der Waals surface area contributed by atoms with Crippen LogP contribution in [0, 0.1) is 0 Å². The van der Waals surface area contributed by atoms with Crippen molar-refractivity contribution in [1.29, 1.82) is 0 Å². The molecule has 0 bridgehead atoms. The van der Waals surface area contributed by atoms with E-state index in [4.69, 9.17) is 16.3 Å². The van der Waals surface area contributed by atoms with Gasteiger partial charge in [-0.1, -0.05) is 41.9 Å². The topological polar surface area (TPSA) is 57.0 Å². The number of para-hydroxylation sites is 1. The van der Waals surface area contributed by atoms with Gasteiger partial charge >= 0.3 is 0 Å². The van der Waals surface area contributed by atoms with E-state index in [2.05, 4.69) is 9.97 Å². The summed E-state index contributed by atoms with van der Waals surface area (Å²) in [4.78, 5) is 21.9. The third kappa shape index (κ3) is 3.63. The molecule has 0 spiro atoms. The highest BCUT2D eigenvalue weighted by Gasteiger charge is 2.09. The quantitative estimate of drug-likeness (QED) is 0.368. The third-order valence-corrected chi connectivity index (χ3v) is 5.06. The number of hydrogen-bond donors (Lipinski definition) is 0. The van der Waals surface area contributed by atoms with Crippen LogP contribution in [-0.2, 0) is 6.54 Å². The van der Waals surface area contributed by atoms with Crippen molar-refractivity contribution in [1.82, 2.24) is 14.5 Å². The van der Waals surface area contributed by atoms with Crippen LogP contribution in [0.2, 0.25) is 5.02 Å². The first-order chi connectivity index (χ1) is 14.7. The molecular formula is C24H16ClN3O2. The molecule has 30 heavy (non-hydrogen) atoms. The van der Waals surface area contributed by atoms with Crippen LogP contribution < -0.4 is 10.3 Å². The van der Waals surface area contributed by atoms with Crippen molar-refractivity contribution in [3.8, 4) is 11.5 Å². The fraction of sp³-hybridized carbons (Fsp3) is 0.0417. The van der Waals surface area contributed by atoms with E-state index in [1.54, 1.807) is 22.8 Å². The summed E-state index contributed by atoms with van der Waals surface area (Å²) in [6.45, 7) is 0.404. The number of pyridine rings is 1. The number of ether oxygens (including phenoxy) is 1. The third-order valence-electron chi connectivity index (χ3n) is 4.82. The Hall–Kier alpha value is -3.70. The zero-order chi connectivity index (χ0) is 20.5. The van der Waals surface area contributed by atoms with E-state index < -0.39 is 0 Å². The summed E-state index contributed by atoms with van der Waals surface area (Å²) >= 11 is 6.08. The Morgan fingerprint density at radius 3 is 2.47 bits per heavy atom. The standard InChI is InChI=1S/C24H16ClN3O2/c25-18-8-11-22-17(12-18)13-21-23(27-22)26-15-28(24(21)29)14-16-6-9-20(10-7-16)30-19-4-2-1-3-5-19/h1-13,15H,14H2. The molecular weight excluding hydrogens is 398 g/mol. The number of benzene rings is 3. The number of fused-ring (bicyclic) bond motifs is 2. The molecule has 0 saturated heterocycles. The summed E-state index contributed by atoms with van der Waals surface area (Å²) in [6.07, 6.45) is 1.54. The van der Waals surface area contributed by atoms with Gasteiger partial charge in [0, 0.05) is 10.4 Å². The van der Waals surface area contributed by atoms with Crippen LogP contribution in [0.5, 0.6) is 11.5 Å². The van der Waals surface area contributed by atoms with E-state index in [0.29, 0.717) is 22.6 Å². The Bertz CT molecular complexity index is 1410. The van der Waals surface area contributed by atoms with Gasteiger partial charge in [-0.2, -0.15) is 0 Å². The second-order valence-corrected chi connectivity index (χ2v) is 7.37. The lowest BCUT2D eigenvalue weighted by molar-refractivity contribution is 0.482. The number of nitrogens with zero attached hydrogens (tertiary/aromatic N) is 3. The van der Waals surface area contributed by atoms with Crippen LogP contribution in [0.1, 0.15) is 5.56 Å². The number of aromatic nitrogens is 3. The molecule has 0 radical (unpaired) electrons. The van der Waals surface area contributed by atoms with E-state index in [9.17, 15) is 4.79 Å². The van der Waals surface area contributed by atoms with Crippen molar-refractivity contribution in [2.24, 2.45) is 0 Å². The van der Waals surface area contributed by atoms with Gasteiger partial charge in [-0.05, 0) is 54.1 Å². The van der Waals surface area contributed by atoms with Crippen LogP contribution in [0.15, 0.2) is 90.0 Å². The number of hydrogen-bond acceptors (Lipinski definition) is 4. The van der Waals surface area contributed by atoms with Crippen LogP contribution in [0.4, 0.5) is 0 Å². The van der Waals surface area contributed by atoms with Gasteiger partial charge in [0.05, 0.1) is 17.4 Å². The summed E-state index contributed by atoms with van der Waals surface area (Å²) < 4.78 is 7.39. The molecule has 0 aliphatic carbocycles. The second kappa shape index (κ2) is 7.61. The van der Waals surface area contributed by atoms with Crippen LogP contribution in [-0.4, -0.2) is 14.5 Å². The van der Waals surface area contributed by atoms with E-state index >= 15 is 0 Å². The molecule has 0 fully saturated rings. The van der Waals surface area contributed by atoms with Gasteiger partial charge in [0.15, 0.2) is 5.65 Å². The van der Waals surface area contributed by atoms with Crippen molar-refractivity contribution in [3.63, 3.8) is 0 Å². The molecule has 5 rings (SSSR count). The predicted molar refractivity (Wildman–Crippen MR) is 118 cm³/mol. The lowest BCUT2D eigenvalue weighted by atomic mass is 10.2. The van der Waals surface area contributed by atoms with Gasteiger partial charge in [-0.15, -0.1) is 0 Å². The van der Waals surface area contributed by atoms with Crippen molar-refractivity contribution in [2.45, 2.75) is 6.54 Å². The minimum Gasteiger partial charge on any atom is -0.457 e. The molecule has 6 heteroatoms. The highest BCUT2D eigenvalue weighted by molar-refractivity contribution is 6.31. The average Bonchev–Trinajstić information content (AvgIpc) is 2.77. The molecule has 0 N–H and O–H groups in total. The maximum Gasteiger partial charge on any atom is 0.263 e. The first-order valence-corrected chi connectivity index (χ1v) is 9.81. The Balaban J connectivity index is 1.44. The largest absolute Gasteiger partial charge is 0.457 e. The van der Waals surface area contributed by atoms with Gasteiger partial charge < -0.3 is 4.74 Å². The van der Waals surface area contributed by atoms with Gasteiger partial charge in [0.1, 0.15) is 17.8 Å². The Morgan fingerprint density at radius 1 is 0.900 bits per heavy atom. The molecule has 0 aliphatic heterocycles. The minimum atomic E-state index is -0.140. The van der Waals surface area contributed by atoms with Gasteiger partial charge in [-0.3, -0.25) is 9.36 Å². The highest BCUT2D eigenvalue weighted by Crippen LogP contribution is 2.22. The van der Waals surface area contributed by atoms with E-state index in [1.165, 1.54) is 6.33 Å². The van der Waals surface area contributed by atoms with E-state index in [-0.39, 0.29) is 5.56 Å². The Labute approximate surface area is 177 Å². The summed E-state index contributed by atoms with van der Waals surface area (Å²) in [5.74, 6) is 1.52. The van der Waals surface area contributed by atoms with Crippen LogP contribution >= 0.6 is 11.6 Å². The molecule has 0 aliphatic rings. The maximum atomic E-state index is 13.0. The summed E-state index contributed by atoms with van der Waals surface area (Å²) in [5, 5.41) is 1.89. The van der Waals surface area contributed by atoms with Crippen LogP contribution in [0.3, 0.4) is 0 Å². The lowest BCUT2D eigenvalue weighted by Crippen LogP contribution is -2.21. The molecule has 5 aromatic rings. The normalized spacial score (nSPS) is 11.1. The van der Waals surface area contributed by atoms with Gasteiger partial charge in [0.2, 0.25) is 0 Å². The minimum absolute atomic E-state index is 0.140. The molecule has 5 nitrogen and oxygen atoms in total. The highest BCUT2D eigenvalue weighted by atomic mass is 35.5. The summed E-state index contributed by atoms with van der Waals surface area (Å²) in [6, 6.07) is 24.4. The Kier molecular flexibility index (Phi) is 4.65. The molecule has 146 valence electrons. The number of halogens is 1. The zero-order valence-corrected chi connectivity index (χ0v) is 16.6. The van der Waals surface area contributed by atoms with Crippen LogP contribution in [0.25, 0.3) is 21.9 Å². The maximum absolute atomic E-state index is 13.0.